The highest BCUT2D eigenvalue weighted by molar-refractivity contribution is 5.42. The highest BCUT2D eigenvalue weighted by Crippen LogP contribution is 2.52. The lowest BCUT2D eigenvalue weighted by Gasteiger charge is -2.47. The molecule has 114 valence electrons. The van der Waals surface area contributed by atoms with E-state index < -0.39 is 6.17 Å². The summed E-state index contributed by atoms with van der Waals surface area (Å²) in [6, 6.07) is 21.5. The molecule has 22 heavy (non-hydrogen) atoms. The fourth-order valence-corrected chi connectivity index (χ4v) is 4.74. The Morgan fingerprint density at radius 3 is 2.05 bits per heavy atom. The molecule has 0 aromatic heterocycles. The van der Waals surface area contributed by atoms with Gasteiger partial charge in [-0.25, -0.2) is 4.39 Å². The number of benzene rings is 2. The molecule has 4 rings (SSSR count). The van der Waals surface area contributed by atoms with Crippen molar-refractivity contribution in [3.8, 4) is 0 Å². The third-order valence-corrected chi connectivity index (χ3v) is 5.75. The lowest BCUT2D eigenvalue weighted by Crippen LogP contribution is -2.47. The molecule has 0 unspecified atom stereocenters. The van der Waals surface area contributed by atoms with E-state index in [4.69, 9.17) is 0 Å². The number of nitrogens with one attached hydrogen (secondary N) is 1. The summed E-state index contributed by atoms with van der Waals surface area (Å²) < 4.78 is 14.5. The zero-order valence-corrected chi connectivity index (χ0v) is 12.7. The third-order valence-electron chi connectivity index (χ3n) is 5.75. The number of alkyl halides is 1. The maximum absolute atomic E-state index is 14.5. The quantitative estimate of drug-likeness (QED) is 0.885. The lowest BCUT2D eigenvalue weighted by molar-refractivity contribution is 0.0883. The number of hydrogen-bond acceptors (Lipinski definition) is 1. The molecule has 2 aromatic carbocycles. The van der Waals surface area contributed by atoms with Gasteiger partial charge in [-0.1, -0.05) is 60.7 Å². The van der Waals surface area contributed by atoms with Crippen molar-refractivity contribution in [1.82, 2.24) is 5.32 Å². The minimum absolute atomic E-state index is 0.0563. The molecule has 3 atom stereocenters. The van der Waals surface area contributed by atoms with Gasteiger partial charge in [0.15, 0.2) is 0 Å². The van der Waals surface area contributed by atoms with Crippen LogP contribution in [0.4, 0.5) is 4.39 Å². The molecule has 0 bridgehead atoms. The summed E-state index contributed by atoms with van der Waals surface area (Å²) in [5, 5.41) is 3.45. The van der Waals surface area contributed by atoms with E-state index in [9.17, 15) is 4.39 Å². The smallest absolute Gasteiger partial charge is 0.105 e. The lowest BCUT2D eigenvalue weighted by atomic mass is 9.56. The zero-order chi connectivity index (χ0) is 15.0. The van der Waals surface area contributed by atoms with E-state index in [2.05, 4.69) is 66.0 Å². The van der Waals surface area contributed by atoms with E-state index in [-0.39, 0.29) is 11.3 Å². The Hall–Kier alpha value is -1.67. The van der Waals surface area contributed by atoms with Crippen LogP contribution in [0.5, 0.6) is 0 Å². The van der Waals surface area contributed by atoms with Gasteiger partial charge in [-0.3, -0.25) is 0 Å². The predicted molar refractivity (Wildman–Crippen MR) is 87.6 cm³/mol. The molecule has 1 saturated carbocycles. The summed E-state index contributed by atoms with van der Waals surface area (Å²) in [6.07, 6.45) is 0.887. The van der Waals surface area contributed by atoms with Crippen molar-refractivity contribution in [2.75, 3.05) is 13.1 Å². The van der Waals surface area contributed by atoms with Crippen LogP contribution < -0.4 is 5.32 Å². The van der Waals surface area contributed by atoms with E-state index in [1.165, 1.54) is 11.1 Å². The van der Waals surface area contributed by atoms with Crippen molar-refractivity contribution in [2.24, 2.45) is 11.8 Å². The first-order valence-electron chi connectivity index (χ1n) is 8.28. The van der Waals surface area contributed by atoms with Gasteiger partial charge < -0.3 is 5.32 Å². The van der Waals surface area contributed by atoms with E-state index in [1.807, 2.05) is 0 Å². The Bertz CT molecular complexity index is 585. The summed E-state index contributed by atoms with van der Waals surface area (Å²) >= 11 is 0. The second-order valence-corrected chi connectivity index (χ2v) is 6.69. The molecule has 1 nitrogen and oxygen atoms in total. The van der Waals surface area contributed by atoms with Crippen molar-refractivity contribution in [1.29, 1.82) is 0 Å². The van der Waals surface area contributed by atoms with Gasteiger partial charge in [-0.05, 0) is 36.4 Å². The normalized spacial score (nSPS) is 30.0. The topological polar surface area (TPSA) is 12.0 Å². The van der Waals surface area contributed by atoms with Gasteiger partial charge in [0.1, 0.15) is 6.17 Å². The molecule has 1 heterocycles. The van der Waals surface area contributed by atoms with Gasteiger partial charge in [0.25, 0.3) is 0 Å². The van der Waals surface area contributed by atoms with Crippen LogP contribution in [-0.2, 0) is 5.41 Å². The largest absolute Gasteiger partial charge is 0.316 e. The Morgan fingerprint density at radius 2 is 1.45 bits per heavy atom. The average Bonchev–Trinajstić information content (AvgIpc) is 3.08. The molecule has 1 aliphatic carbocycles. The van der Waals surface area contributed by atoms with Crippen LogP contribution in [0, 0.1) is 11.8 Å². The van der Waals surface area contributed by atoms with Crippen molar-refractivity contribution in [2.45, 2.75) is 24.4 Å². The molecule has 2 aliphatic rings. The van der Waals surface area contributed by atoms with Crippen LogP contribution in [-0.4, -0.2) is 19.3 Å². The second-order valence-electron chi connectivity index (χ2n) is 6.69. The van der Waals surface area contributed by atoms with E-state index in [1.54, 1.807) is 0 Å². The number of rotatable bonds is 2. The van der Waals surface area contributed by atoms with Crippen molar-refractivity contribution in [3.63, 3.8) is 0 Å². The minimum Gasteiger partial charge on any atom is -0.316 e. The van der Waals surface area contributed by atoms with Crippen LogP contribution in [0.3, 0.4) is 0 Å². The van der Waals surface area contributed by atoms with Gasteiger partial charge in [0, 0.05) is 17.9 Å². The van der Waals surface area contributed by atoms with Crippen molar-refractivity contribution < 1.29 is 4.39 Å². The maximum atomic E-state index is 14.5. The minimum atomic E-state index is -0.666. The van der Waals surface area contributed by atoms with Gasteiger partial charge in [-0.2, -0.15) is 0 Å². The molecule has 2 fully saturated rings. The Balaban J connectivity index is 1.90. The standard InChI is InChI=1S/C20H22FN/c21-19-11-12-20(15-7-3-1-4-8-15,16-9-5-2-6-10-16)18-14-22-13-17(18)19/h1-10,17-19,22H,11-14H2/t17-,18+,19-/m0/s1. The molecule has 0 amide bonds. The van der Waals surface area contributed by atoms with E-state index in [0.29, 0.717) is 12.3 Å². The molecular formula is C20H22FN. The average molecular weight is 295 g/mol. The Morgan fingerprint density at radius 1 is 0.864 bits per heavy atom. The van der Waals surface area contributed by atoms with Gasteiger partial charge in [0.2, 0.25) is 0 Å². The van der Waals surface area contributed by atoms with E-state index >= 15 is 0 Å². The van der Waals surface area contributed by atoms with Crippen LogP contribution in [0.2, 0.25) is 0 Å². The summed E-state index contributed by atoms with van der Waals surface area (Å²) in [6.45, 7) is 1.72. The molecular weight excluding hydrogens is 273 g/mol. The first-order valence-corrected chi connectivity index (χ1v) is 8.28. The highest BCUT2D eigenvalue weighted by atomic mass is 19.1. The Kier molecular flexibility index (Phi) is 3.50. The number of fused-ring (bicyclic) bond motifs is 1. The fourth-order valence-electron chi connectivity index (χ4n) is 4.74. The first-order chi connectivity index (χ1) is 10.8. The first kappa shape index (κ1) is 14.0. The molecule has 2 aromatic rings. The van der Waals surface area contributed by atoms with Gasteiger partial charge in [0.05, 0.1) is 0 Å². The van der Waals surface area contributed by atoms with Crippen LogP contribution in [0.15, 0.2) is 60.7 Å². The highest BCUT2D eigenvalue weighted by Gasteiger charge is 2.52. The molecule has 1 aliphatic heterocycles. The Labute approximate surface area is 131 Å². The zero-order valence-electron chi connectivity index (χ0n) is 12.7. The van der Waals surface area contributed by atoms with Crippen molar-refractivity contribution >= 4 is 0 Å². The van der Waals surface area contributed by atoms with Crippen molar-refractivity contribution in [3.05, 3.63) is 71.8 Å². The van der Waals surface area contributed by atoms with Crippen LogP contribution in [0.25, 0.3) is 0 Å². The summed E-state index contributed by atoms with van der Waals surface area (Å²) in [5.41, 5.74) is 2.62. The molecule has 0 spiro atoms. The van der Waals surface area contributed by atoms with Gasteiger partial charge >= 0.3 is 0 Å². The molecule has 1 N–H and O–H groups in total. The summed E-state index contributed by atoms with van der Waals surface area (Å²) in [5.74, 6) is 0.468. The van der Waals surface area contributed by atoms with E-state index in [0.717, 1.165) is 19.5 Å². The summed E-state index contributed by atoms with van der Waals surface area (Å²) in [4.78, 5) is 0. The van der Waals surface area contributed by atoms with Gasteiger partial charge in [-0.15, -0.1) is 0 Å². The maximum Gasteiger partial charge on any atom is 0.105 e. The second kappa shape index (κ2) is 5.51. The summed E-state index contributed by atoms with van der Waals surface area (Å²) in [7, 11) is 0. The van der Waals surface area contributed by atoms with Crippen LogP contribution >= 0.6 is 0 Å². The SMILES string of the molecule is F[C@H]1CCC(c2ccccc2)(c2ccccc2)[C@@H]2CNC[C@@H]21. The number of hydrogen-bond donors (Lipinski definition) is 1. The molecule has 2 heteroatoms. The fraction of sp³-hybridized carbons (Fsp3) is 0.400. The third kappa shape index (κ3) is 2.01. The molecule has 0 radical (unpaired) electrons. The predicted octanol–water partition coefficient (Wildman–Crippen LogP) is 3.94. The monoisotopic (exact) mass is 295 g/mol. The molecule has 1 saturated heterocycles. The van der Waals surface area contributed by atoms with Crippen LogP contribution in [0.1, 0.15) is 24.0 Å². The number of halogens is 1.